The van der Waals surface area contributed by atoms with E-state index in [4.69, 9.17) is 4.74 Å². The van der Waals surface area contributed by atoms with Crippen LogP contribution in [0.1, 0.15) is 15.9 Å². The van der Waals surface area contributed by atoms with E-state index in [0.29, 0.717) is 30.2 Å². The molecule has 126 valence electrons. The number of ether oxygens (including phenoxy) is 1. The van der Waals surface area contributed by atoms with Gasteiger partial charge in [0.25, 0.3) is 5.91 Å². The van der Waals surface area contributed by atoms with Gasteiger partial charge in [-0.05, 0) is 42.3 Å². The van der Waals surface area contributed by atoms with Crippen LogP contribution in [0.3, 0.4) is 0 Å². The molecule has 0 atom stereocenters. The zero-order chi connectivity index (χ0) is 17.5. The van der Waals surface area contributed by atoms with Gasteiger partial charge in [-0.25, -0.2) is 9.37 Å². The highest BCUT2D eigenvalue weighted by Gasteiger charge is 2.07. The van der Waals surface area contributed by atoms with Crippen LogP contribution in [0.15, 0.2) is 67.1 Å². The quantitative estimate of drug-likeness (QED) is 0.749. The van der Waals surface area contributed by atoms with Crippen molar-refractivity contribution in [2.45, 2.75) is 6.42 Å². The zero-order valence-corrected chi connectivity index (χ0v) is 13.4. The average Bonchev–Trinajstić information content (AvgIpc) is 2.63. The predicted molar refractivity (Wildman–Crippen MR) is 91.0 cm³/mol. The molecule has 0 aliphatic carbocycles. The van der Waals surface area contributed by atoms with Crippen molar-refractivity contribution < 1.29 is 13.9 Å². The van der Waals surface area contributed by atoms with Gasteiger partial charge in [0.1, 0.15) is 11.6 Å². The van der Waals surface area contributed by atoms with Crippen molar-refractivity contribution in [2.24, 2.45) is 0 Å². The first-order chi connectivity index (χ1) is 12.2. The van der Waals surface area contributed by atoms with E-state index in [2.05, 4.69) is 15.3 Å². The lowest BCUT2D eigenvalue weighted by atomic mass is 10.1. The summed E-state index contributed by atoms with van der Waals surface area (Å²) in [6, 6.07) is 13.1. The molecule has 6 heteroatoms. The molecule has 3 aromatic rings. The van der Waals surface area contributed by atoms with Crippen LogP contribution < -0.4 is 10.1 Å². The molecule has 0 saturated heterocycles. The summed E-state index contributed by atoms with van der Waals surface area (Å²) >= 11 is 0. The van der Waals surface area contributed by atoms with Gasteiger partial charge in [0.15, 0.2) is 0 Å². The largest absolute Gasteiger partial charge is 0.437 e. The minimum atomic E-state index is -0.280. The van der Waals surface area contributed by atoms with Gasteiger partial charge in [0.2, 0.25) is 5.88 Å². The van der Waals surface area contributed by atoms with Gasteiger partial charge in [-0.3, -0.25) is 9.78 Å². The number of nitrogens with one attached hydrogen (secondary N) is 1. The maximum atomic E-state index is 13.1. The molecular weight excluding hydrogens is 321 g/mol. The summed E-state index contributed by atoms with van der Waals surface area (Å²) in [5, 5.41) is 2.81. The highest BCUT2D eigenvalue weighted by atomic mass is 19.1. The number of aromatic nitrogens is 2. The molecule has 3 rings (SSSR count). The van der Waals surface area contributed by atoms with E-state index < -0.39 is 0 Å². The van der Waals surface area contributed by atoms with E-state index >= 15 is 0 Å². The highest BCUT2D eigenvalue weighted by Crippen LogP contribution is 2.19. The highest BCUT2D eigenvalue weighted by molar-refractivity contribution is 5.94. The van der Waals surface area contributed by atoms with Crippen molar-refractivity contribution in [3.05, 3.63) is 84.1 Å². The van der Waals surface area contributed by atoms with Crippen molar-refractivity contribution in [1.82, 2.24) is 15.3 Å². The molecule has 0 fully saturated rings. The molecule has 0 aliphatic rings. The summed E-state index contributed by atoms with van der Waals surface area (Å²) in [5.74, 6) is 0.350. The molecule has 1 heterocycles. The molecule has 0 unspecified atom stereocenters. The monoisotopic (exact) mass is 337 g/mol. The first kappa shape index (κ1) is 16.6. The lowest BCUT2D eigenvalue weighted by Gasteiger charge is -2.08. The minimum Gasteiger partial charge on any atom is -0.437 e. The summed E-state index contributed by atoms with van der Waals surface area (Å²) in [6.45, 7) is 0.414. The number of hydrogen-bond acceptors (Lipinski definition) is 4. The molecule has 1 aromatic heterocycles. The van der Waals surface area contributed by atoms with Crippen LogP contribution in [-0.2, 0) is 6.42 Å². The van der Waals surface area contributed by atoms with E-state index in [1.165, 1.54) is 24.5 Å². The second-order valence-electron chi connectivity index (χ2n) is 5.31. The van der Waals surface area contributed by atoms with E-state index in [1.807, 2.05) is 6.07 Å². The minimum absolute atomic E-state index is 0.221. The fourth-order valence-corrected chi connectivity index (χ4v) is 2.27. The number of hydrogen-bond donors (Lipinski definition) is 1. The molecule has 1 amide bonds. The molecule has 0 bridgehead atoms. The van der Waals surface area contributed by atoms with Crippen LogP contribution in [0.4, 0.5) is 4.39 Å². The Morgan fingerprint density at radius 2 is 2.00 bits per heavy atom. The van der Waals surface area contributed by atoms with Crippen LogP contribution in [0.25, 0.3) is 0 Å². The Kier molecular flexibility index (Phi) is 5.31. The molecule has 0 radical (unpaired) electrons. The Bertz CT molecular complexity index is 856. The molecule has 5 nitrogen and oxygen atoms in total. The number of amides is 1. The normalized spacial score (nSPS) is 10.3. The maximum Gasteiger partial charge on any atom is 0.251 e. The summed E-state index contributed by atoms with van der Waals surface area (Å²) < 4.78 is 18.7. The molecule has 0 saturated carbocycles. The zero-order valence-electron chi connectivity index (χ0n) is 13.4. The number of carbonyl (C=O) groups excluding carboxylic acids is 1. The lowest BCUT2D eigenvalue weighted by Crippen LogP contribution is -2.25. The summed E-state index contributed by atoms with van der Waals surface area (Å²) in [6.07, 6.45) is 5.12. The topological polar surface area (TPSA) is 64.1 Å². The standard InChI is InChI=1S/C19H16FN3O2/c20-16-5-1-3-14(11-16)7-8-23-19(24)15-4-2-6-17(12-15)25-18-13-21-9-10-22-18/h1-6,9-13H,7-8H2,(H,23,24). The lowest BCUT2D eigenvalue weighted by molar-refractivity contribution is 0.0954. The van der Waals surface area contributed by atoms with E-state index in [9.17, 15) is 9.18 Å². The molecular formula is C19H16FN3O2. The van der Waals surface area contributed by atoms with E-state index in [1.54, 1.807) is 36.5 Å². The second-order valence-corrected chi connectivity index (χ2v) is 5.31. The first-order valence-electron chi connectivity index (χ1n) is 7.77. The van der Waals surface area contributed by atoms with Crippen molar-refractivity contribution in [3.63, 3.8) is 0 Å². The Labute approximate surface area is 144 Å². The fourth-order valence-electron chi connectivity index (χ4n) is 2.27. The first-order valence-corrected chi connectivity index (χ1v) is 7.77. The van der Waals surface area contributed by atoms with Crippen molar-refractivity contribution in [2.75, 3.05) is 6.54 Å². The van der Waals surface area contributed by atoms with Gasteiger partial charge in [0, 0.05) is 24.5 Å². The van der Waals surface area contributed by atoms with Crippen LogP contribution in [-0.4, -0.2) is 22.4 Å². The van der Waals surface area contributed by atoms with Gasteiger partial charge >= 0.3 is 0 Å². The predicted octanol–water partition coefficient (Wildman–Crippen LogP) is 3.38. The van der Waals surface area contributed by atoms with Gasteiger partial charge in [0.05, 0.1) is 6.20 Å². The molecule has 25 heavy (non-hydrogen) atoms. The van der Waals surface area contributed by atoms with E-state index in [-0.39, 0.29) is 11.7 Å². The molecule has 0 spiro atoms. The molecule has 0 aliphatic heterocycles. The number of benzene rings is 2. The SMILES string of the molecule is O=C(NCCc1cccc(F)c1)c1cccc(Oc2cnccn2)c1. The summed E-state index contributed by atoms with van der Waals surface area (Å²) in [7, 11) is 0. The number of halogens is 1. The van der Waals surface area contributed by atoms with Crippen molar-refractivity contribution >= 4 is 5.91 Å². The van der Waals surface area contributed by atoms with Crippen molar-refractivity contribution in [1.29, 1.82) is 0 Å². The Balaban J connectivity index is 1.57. The van der Waals surface area contributed by atoms with E-state index in [0.717, 1.165) is 5.56 Å². The summed E-state index contributed by atoms with van der Waals surface area (Å²) in [4.78, 5) is 20.2. The van der Waals surface area contributed by atoms with Gasteiger partial charge in [-0.15, -0.1) is 0 Å². The fraction of sp³-hybridized carbons (Fsp3) is 0.105. The Hall–Kier alpha value is -3.28. The number of carbonyl (C=O) groups is 1. The average molecular weight is 337 g/mol. The summed E-state index contributed by atoms with van der Waals surface area (Å²) in [5.41, 5.74) is 1.31. The van der Waals surface area contributed by atoms with Crippen LogP contribution in [0.2, 0.25) is 0 Å². The van der Waals surface area contributed by atoms with Gasteiger partial charge in [-0.1, -0.05) is 18.2 Å². The third-order valence-electron chi connectivity index (χ3n) is 3.45. The Morgan fingerprint density at radius 3 is 2.80 bits per heavy atom. The van der Waals surface area contributed by atoms with Crippen LogP contribution in [0, 0.1) is 5.82 Å². The Morgan fingerprint density at radius 1 is 1.12 bits per heavy atom. The van der Waals surface area contributed by atoms with Crippen molar-refractivity contribution in [3.8, 4) is 11.6 Å². The third kappa shape index (κ3) is 4.84. The van der Waals surface area contributed by atoms with Crippen LogP contribution in [0.5, 0.6) is 11.6 Å². The number of rotatable bonds is 6. The van der Waals surface area contributed by atoms with Gasteiger partial charge in [-0.2, -0.15) is 0 Å². The smallest absolute Gasteiger partial charge is 0.251 e. The second kappa shape index (κ2) is 8.01. The number of nitrogens with zero attached hydrogens (tertiary/aromatic N) is 2. The van der Waals surface area contributed by atoms with Gasteiger partial charge < -0.3 is 10.1 Å². The molecule has 2 aromatic carbocycles. The van der Waals surface area contributed by atoms with Crippen LogP contribution >= 0.6 is 0 Å². The third-order valence-corrected chi connectivity index (χ3v) is 3.45. The maximum absolute atomic E-state index is 13.1. The molecule has 1 N–H and O–H groups in total.